The molecule has 0 fully saturated rings. The van der Waals surface area contributed by atoms with Crippen LogP contribution in [-0.2, 0) is 11.2 Å². The van der Waals surface area contributed by atoms with Crippen molar-refractivity contribution in [2.45, 2.75) is 12.5 Å². The van der Waals surface area contributed by atoms with Gasteiger partial charge in [-0.25, -0.2) is 0 Å². The van der Waals surface area contributed by atoms with Gasteiger partial charge < -0.3 is 22.2 Å². The van der Waals surface area contributed by atoms with E-state index in [0.29, 0.717) is 10.5 Å². The second kappa shape index (κ2) is 5.56. The molecule has 0 saturated heterocycles. The molecule has 0 aliphatic heterocycles. The smallest absolute Gasteiger partial charge is 1.00 e. The fourth-order valence-corrected chi connectivity index (χ4v) is 0.995. The minimum atomic E-state index is -1.02. The molecule has 13 heavy (non-hydrogen) atoms. The SMILES string of the molecule is N[C@@H](Cc1c[nH]c(=S)[nH]1)C(=O)O.[H-].[Na+]. The number of aliphatic carboxylic acids is 1. The average Bonchev–Trinajstić information content (AvgIpc) is 2.35. The van der Waals surface area contributed by atoms with Crippen LogP contribution in [0.5, 0.6) is 0 Å². The minimum absolute atomic E-state index is 0. The molecule has 0 aliphatic carbocycles. The van der Waals surface area contributed by atoms with Gasteiger partial charge in [0, 0.05) is 18.3 Å². The Kier molecular flexibility index (Phi) is 5.50. The molecule has 68 valence electrons. The van der Waals surface area contributed by atoms with Crippen molar-refractivity contribution in [2.24, 2.45) is 5.73 Å². The van der Waals surface area contributed by atoms with E-state index in [0.717, 1.165) is 0 Å². The van der Waals surface area contributed by atoms with Gasteiger partial charge in [-0.1, -0.05) is 0 Å². The van der Waals surface area contributed by atoms with Gasteiger partial charge in [-0.2, -0.15) is 0 Å². The first-order valence-electron chi connectivity index (χ1n) is 3.34. The number of aromatic nitrogens is 2. The number of nitrogens with one attached hydrogen (secondary N) is 2. The first-order valence-corrected chi connectivity index (χ1v) is 3.75. The van der Waals surface area contributed by atoms with Gasteiger partial charge in [0.1, 0.15) is 6.04 Å². The topological polar surface area (TPSA) is 94.9 Å². The van der Waals surface area contributed by atoms with Crippen LogP contribution in [-0.4, -0.2) is 27.1 Å². The molecule has 0 spiro atoms. The van der Waals surface area contributed by atoms with Crippen LogP contribution < -0.4 is 35.3 Å². The van der Waals surface area contributed by atoms with Crippen molar-refractivity contribution in [2.75, 3.05) is 0 Å². The van der Waals surface area contributed by atoms with E-state index in [1.165, 1.54) is 0 Å². The zero-order valence-corrected chi connectivity index (χ0v) is 10.0. The summed E-state index contributed by atoms with van der Waals surface area (Å²) in [6.45, 7) is 0. The number of nitrogens with two attached hydrogens (primary N) is 1. The van der Waals surface area contributed by atoms with Gasteiger partial charge in [-0.05, 0) is 12.2 Å². The maximum Gasteiger partial charge on any atom is 1.00 e. The van der Waals surface area contributed by atoms with Crippen LogP contribution in [0.15, 0.2) is 6.20 Å². The maximum absolute atomic E-state index is 10.3. The molecular formula is C6H10N3NaO2S. The second-order valence-corrected chi connectivity index (χ2v) is 2.83. The number of carboxylic acid groups (broad SMARTS) is 1. The Morgan fingerprint density at radius 2 is 2.46 bits per heavy atom. The monoisotopic (exact) mass is 211 g/mol. The van der Waals surface area contributed by atoms with E-state index in [1.807, 2.05) is 0 Å². The first-order chi connectivity index (χ1) is 5.59. The molecule has 0 saturated carbocycles. The van der Waals surface area contributed by atoms with Crippen molar-refractivity contribution in [3.63, 3.8) is 0 Å². The molecule has 1 aromatic rings. The Hall–Kier alpha value is -0.140. The van der Waals surface area contributed by atoms with Crippen molar-refractivity contribution in [3.8, 4) is 0 Å². The van der Waals surface area contributed by atoms with Crippen LogP contribution in [0.3, 0.4) is 0 Å². The zero-order valence-electron chi connectivity index (χ0n) is 8.20. The largest absolute Gasteiger partial charge is 1.00 e. The molecule has 0 bridgehead atoms. The molecule has 1 aromatic heterocycles. The van der Waals surface area contributed by atoms with Crippen LogP contribution in [0.1, 0.15) is 7.12 Å². The Bertz CT molecular complexity index is 340. The number of aromatic amines is 2. The molecule has 5 nitrogen and oxygen atoms in total. The number of carbonyl (C=O) groups is 1. The van der Waals surface area contributed by atoms with E-state index in [1.54, 1.807) is 6.20 Å². The van der Waals surface area contributed by atoms with Gasteiger partial charge in [0.25, 0.3) is 0 Å². The van der Waals surface area contributed by atoms with E-state index in [2.05, 4.69) is 9.97 Å². The van der Waals surface area contributed by atoms with Crippen molar-refractivity contribution in [1.82, 2.24) is 9.97 Å². The predicted molar refractivity (Wildman–Crippen MR) is 46.4 cm³/mol. The summed E-state index contributed by atoms with van der Waals surface area (Å²) < 4.78 is 0.475. The summed E-state index contributed by atoms with van der Waals surface area (Å²) in [7, 11) is 0. The van der Waals surface area contributed by atoms with E-state index in [9.17, 15) is 4.79 Å². The molecule has 0 unspecified atom stereocenters. The van der Waals surface area contributed by atoms with Crippen molar-refractivity contribution < 1.29 is 40.9 Å². The van der Waals surface area contributed by atoms with Crippen LogP contribution in [0.2, 0.25) is 0 Å². The molecule has 0 aromatic carbocycles. The summed E-state index contributed by atoms with van der Waals surface area (Å²) in [5.41, 5.74) is 5.99. The molecule has 5 N–H and O–H groups in total. The third-order valence-electron chi connectivity index (χ3n) is 1.41. The summed E-state index contributed by atoms with van der Waals surface area (Å²) in [5.74, 6) is -1.02. The van der Waals surface area contributed by atoms with Gasteiger partial charge >= 0.3 is 35.5 Å². The number of carboxylic acids is 1. The molecular weight excluding hydrogens is 201 g/mol. The molecule has 7 heteroatoms. The van der Waals surface area contributed by atoms with Gasteiger partial charge in [0.15, 0.2) is 4.77 Å². The predicted octanol–water partition coefficient (Wildman–Crippen LogP) is -2.86. The summed E-state index contributed by atoms with van der Waals surface area (Å²) in [6, 6.07) is -0.883. The summed E-state index contributed by atoms with van der Waals surface area (Å²) >= 11 is 4.75. The van der Waals surface area contributed by atoms with Gasteiger partial charge in [-0.15, -0.1) is 0 Å². The fraction of sp³-hybridized carbons (Fsp3) is 0.333. The maximum atomic E-state index is 10.3. The molecule has 1 heterocycles. The van der Waals surface area contributed by atoms with Crippen LogP contribution in [0, 0.1) is 4.77 Å². The molecule has 0 amide bonds. The molecule has 0 radical (unpaired) electrons. The summed E-state index contributed by atoms with van der Waals surface area (Å²) in [4.78, 5) is 15.8. The van der Waals surface area contributed by atoms with Crippen molar-refractivity contribution in [3.05, 3.63) is 16.7 Å². The summed E-state index contributed by atoms with van der Waals surface area (Å²) in [6.07, 6.45) is 1.87. The Labute approximate surface area is 104 Å². The van der Waals surface area contributed by atoms with E-state index >= 15 is 0 Å². The molecule has 1 atom stereocenters. The Morgan fingerprint density at radius 3 is 2.85 bits per heavy atom. The van der Waals surface area contributed by atoms with E-state index in [-0.39, 0.29) is 37.4 Å². The number of rotatable bonds is 3. The Balaban J connectivity index is 0. The summed E-state index contributed by atoms with van der Waals surface area (Å²) in [5, 5.41) is 8.47. The standard InChI is InChI=1S/C6H9N3O2S.Na.H/c7-4(5(10)11)1-3-2-8-6(12)9-3;;/h2,4H,1,7H2,(H,10,11)(H2,8,9,12);;/q;+1;-1/t4-;;/m0../s1. The van der Waals surface area contributed by atoms with Gasteiger partial charge in [0.2, 0.25) is 0 Å². The number of H-pyrrole nitrogens is 2. The zero-order chi connectivity index (χ0) is 9.14. The van der Waals surface area contributed by atoms with Crippen LogP contribution in [0.4, 0.5) is 0 Å². The third-order valence-corrected chi connectivity index (χ3v) is 1.63. The quantitative estimate of drug-likeness (QED) is 0.319. The molecule has 0 aliphatic rings. The fourth-order valence-electron chi connectivity index (χ4n) is 0.805. The van der Waals surface area contributed by atoms with Crippen molar-refractivity contribution >= 4 is 18.2 Å². The van der Waals surface area contributed by atoms with Gasteiger partial charge in [0.05, 0.1) is 0 Å². The van der Waals surface area contributed by atoms with Gasteiger partial charge in [-0.3, -0.25) is 4.79 Å². The van der Waals surface area contributed by atoms with Crippen molar-refractivity contribution in [1.29, 1.82) is 0 Å². The number of imidazole rings is 1. The van der Waals surface area contributed by atoms with E-state index < -0.39 is 12.0 Å². The first kappa shape index (κ1) is 12.9. The number of hydrogen-bond acceptors (Lipinski definition) is 3. The average molecular weight is 211 g/mol. The van der Waals surface area contributed by atoms with Crippen LogP contribution in [0.25, 0.3) is 0 Å². The van der Waals surface area contributed by atoms with E-state index in [4.69, 9.17) is 23.1 Å². The normalized spacial score (nSPS) is 11.8. The molecule has 1 rings (SSSR count). The Morgan fingerprint density at radius 1 is 1.85 bits per heavy atom. The third kappa shape index (κ3) is 4.06. The van der Waals surface area contributed by atoms with Crippen LogP contribution >= 0.6 is 12.2 Å². The minimum Gasteiger partial charge on any atom is -1.00 e. The second-order valence-electron chi connectivity index (χ2n) is 2.42. The number of hydrogen-bond donors (Lipinski definition) is 4.